The summed E-state index contributed by atoms with van der Waals surface area (Å²) in [6, 6.07) is 16.3. The van der Waals surface area contributed by atoms with Crippen LogP contribution in [0.1, 0.15) is 11.1 Å². The minimum Gasteiger partial charge on any atom is -0.353 e. The van der Waals surface area contributed by atoms with Gasteiger partial charge in [-0.05, 0) is 30.3 Å². The molecule has 1 N–H and O–H groups in total. The summed E-state index contributed by atoms with van der Waals surface area (Å²) < 4.78 is 0. The van der Waals surface area contributed by atoms with E-state index < -0.39 is 0 Å². The van der Waals surface area contributed by atoms with Gasteiger partial charge in [0.2, 0.25) is 0 Å². The van der Waals surface area contributed by atoms with Gasteiger partial charge in [0, 0.05) is 5.02 Å². The van der Waals surface area contributed by atoms with E-state index in [1.165, 1.54) is 0 Å². The van der Waals surface area contributed by atoms with Crippen LogP contribution in [0.3, 0.4) is 0 Å². The molecule has 0 aliphatic rings. The number of anilines is 2. The lowest BCUT2D eigenvalue weighted by atomic mass is 10.1. The van der Waals surface area contributed by atoms with Crippen molar-refractivity contribution in [3.63, 3.8) is 0 Å². The minimum atomic E-state index is 0.440. The van der Waals surface area contributed by atoms with Crippen molar-refractivity contribution < 1.29 is 0 Å². The van der Waals surface area contributed by atoms with Crippen LogP contribution >= 0.6 is 11.6 Å². The molecule has 86 valence electrons. The maximum Gasteiger partial charge on any atom is 0.101 e. The normalized spacial score (nSPS) is 9.28. The molecule has 3 nitrogen and oxygen atoms in total. The predicted molar refractivity (Wildman–Crippen MR) is 70.6 cm³/mol. The van der Waals surface area contributed by atoms with Crippen LogP contribution in [0.5, 0.6) is 0 Å². The molecule has 0 heterocycles. The number of hydrogen-bond donors (Lipinski definition) is 1. The fourth-order valence-electron chi connectivity index (χ4n) is 1.55. The largest absolute Gasteiger partial charge is 0.353 e. The Balaban J connectivity index is 2.41. The highest BCUT2D eigenvalue weighted by Gasteiger charge is 2.06. The Kier molecular flexibility index (Phi) is 3.48. The average Bonchev–Trinajstić information content (AvgIpc) is 2.41. The van der Waals surface area contributed by atoms with Crippen molar-refractivity contribution in [2.45, 2.75) is 0 Å². The molecule has 2 rings (SSSR count). The molecule has 2 aromatic rings. The maximum atomic E-state index is 9.03. The molecule has 0 bridgehead atoms. The number of nitriles is 2. The van der Waals surface area contributed by atoms with E-state index in [0.717, 1.165) is 0 Å². The molecule has 0 spiro atoms. The number of nitrogens with zero attached hydrogens (tertiary/aromatic N) is 2. The zero-order valence-corrected chi connectivity index (χ0v) is 10.1. The molecule has 2 aromatic carbocycles. The first-order valence-corrected chi connectivity index (χ1v) is 5.58. The van der Waals surface area contributed by atoms with Gasteiger partial charge in [0.15, 0.2) is 0 Å². The number of rotatable bonds is 2. The van der Waals surface area contributed by atoms with Crippen LogP contribution in [0, 0.1) is 22.7 Å². The number of para-hydroxylation sites is 1. The Morgan fingerprint density at radius 1 is 0.889 bits per heavy atom. The summed E-state index contributed by atoms with van der Waals surface area (Å²) in [6.07, 6.45) is 0. The smallest absolute Gasteiger partial charge is 0.101 e. The lowest BCUT2D eigenvalue weighted by molar-refractivity contribution is 1.44. The second-order valence-corrected chi connectivity index (χ2v) is 4.02. The van der Waals surface area contributed by atoms with Crippen molar-refractivity contribution in [3.05, 3.63) is 58.6 Å². The van der Waals surface area contributed by atoms with E-state index in [9.17, 15) is 0 Å². The van der Waals surface area contributed by atoms with E-state index >= 15 is 0 Å². The molecule has 0 atom stereocenters. The molecule has 0 aliphatic carbocycles. The summed E-state index contributed by atoms with van der Waals surface area (Å²) in [6.45, 7) is 0. The Morgan fingerprint density at radius 3 is 2.28 bits per heavy atom. The monoisotopic (exact) mass is 253 g/mol. The molecule has 0 fully saturated rings. The second-order valence-electron chi connectivity index (χ2n) is 3.58. The molecular formula is C14H8ClN3. The summed E-state index contributed by atoms with van der Waals surface area (Å²) in [5.41, 5.74) is 2.26. The lowest BCUT2D eigenvalue weighted by Gasteiger charge is -2.09. The van der Waals surface area contributed by atoms with Crippen molar-refractivity contribution in [1.29, 1.82) is 10.5 Å². The highest BCUT2D eigenvalue weighted by Crippen LogP contribution is 2.25. The van der Waals surface area contributed by atoms with E-state index in [-0.39, 0.29) is 0 Å². The lowest BCUT2D eigenvalue weighted by Crippen LogP contribution is -1.95. The first-order chi connectivity index (χ1) is 8.74. The van der Waals surface area contributed by atoms with Crippen LogP contribution in [-0.2, 0) is 0 Å². The fourth-order valence-corrected chi connectivity index (χ4v) is 1.72. The van der Waals surface area contributed by atoms with Crippen LogP contribution in [-0.4, -0.2) is 0 Å². The minimum absolute atomic E-state index is 0.440. The zero-order valence-electron chi connectivity index (χ0n) is 9.31. The number of nitrogens with one attached hydrogen (secondary N) is 1. The third-order valence-corrected chi connectivity index (χ3v) is 2.65. The first-order valence-electron chi connectivity index (χ1n) is 5.20. The Hall–Kier alpha value is -2.49. The number of hydrogen-bond acceptors (Lipinski definition) is 3. The second kappa shape index (κ2) is 5.23. The van der Waals surface area contributed by atoms with Gasteiger partial charge in [-0.3, -0.25) is 0 Å². The van der Waals surface area contributed by atoms with Gasteiger partial charge in [-0.15, -0.1) is 0 Å². The average molecular weight is 254 g/mol. The van der Waals surface area contributed by atoms with Gasteiger partial charge in [0.1, 0.15) is 12.1 Å². The van der Waals surface area contributed by atoms with Gasteiger partial charge < -0.3 is 5.32 Å². The highest BCUT2D eigenvalue weighted by atomic mass is 35.5. The molecular weight excluding hydrogens is 246 g/mol. The van der Waals surface area contributed by atoms with E-state index in [4.69, 9.17) is 22.1 Å². The SMILES string of the molecule is N#Cc1ccccc1Nc1ccc(Cl)cc1C#N. The van der Waals surface area contributed by atoms with Crippen LogP contribution in [0.4, 0.5) is 11.4 Å². The number of halogens is 1. The van der Waals surface area contributed by atoms with Crippen LogP contribution in [0.15, 0.2) is 42.5 Å². The summed E-state index contributed by atoms with van der Waals surface area (Å²) >= 11 is 5.83. The number of benzene rings is 2. The molecule has 4 heteroatoms. The first kappa shape index (κ1) is 12.0. The van der Waals surface area contributed by atoms with Crippen molar-refractivity contribution in [2.24, 2.45) is 0 Å². The molecule has 0 amide bonds. The Labute approximate surface area is 110 Å². The Morgan fingerprint density at radius 2 is 1.56 bits per heavy atom. The van der Waals surface area contributed by atoms with E-state index in [1.807, 2.05) is 6.07 Å². The third-order valence-electron chi connectivity index (χ3n) is 2.42. The van der Waals surface area contributed by atoms with Gasteiger partial charge in [-0.25, -0.2) is 0 Å². The summed E-state index contributed by atoms with van der Waals surface area (Å²) in [5.74, 6) is 0. The predicted octanol–water partition coefficient (Wildman–Crippen LogP) is 3.83. The van der Waals surface area contributed by atoms with Crippen molar-refractivity contribution in [2.75, 3.05) is 5.32 Å². The van der Waals surface area contributed by atoms with Gasteiger partial charge >= 0.3 is 0 Å². The van der Waals surface area contributed by atoms with E-state index in [1.54, 1.807) is 36.4 Å². The van der Waals surface area contributed by atoms with Crippen LogP contribution < -0.4 is 5.32 Å². The topological polar surface area (TPSA) is 59.6 Å². The van der Waals surface area contributed by atoms with Crippen LogP contribution in [0.25, 0.3) is 0 Å². The Bertz CT molecular complexity index is 665. The van der Waals surface area contributed by atoms with Crippen molar-refractivity contribution in [1.82, 2.24) is 0 Å². The third kappa shape index (κ3) is 2.43. The fraction of sp³-hybridized carbons (Fsp3) is 0. The quantitative estimate of drug-likeness (QED) is 0.885. The van der Waals surface area contributed by atoms with Crippen LogP contribution in [0.2, 0.25) is 5.02 Å². The molecule has 0 aliphatic heterocycles. The molecule has 0 unspecified atom stereocenters. The van der Waals surface area contributed by atoms with Gasteiger partial charge in [0.05, 0.1) is 22.5 Å². The summed E-state index contributed by atoms with van der Waals surface area (Å²) in [4.78, 5) is 0. The van der Waals surface area contributed by atoms with Crippen molar-refractivity contribution >= 4 is 23.0 Å². The van der Waals surface area contributed by atoms with E-state index in [2.05, 4.69) is 17.5 Å². The molecule has 0 saturated carbocycles. The summed E-state index contributed by atoms with van der Waals surface area (Å²) in [5, 5.41) is 21.6. The molecule has 0 radical (unpaired) electrons. The zero-order chi connectivity index (χ0) is 13.0. The molecule has 18 heavy (non-hydrogen) atoms. The highest BCUT2D eigenvalue weighted by molar-refractivity contribution is 6.30. The maximum absolute atomic E-state index is 9.03. The van der Waals surface area contributed by atoms with Gasteiger partial charge in [-0.2, -0.15) is 10.5 Å². The van der Waals surface area contributed by atoms with E-state index in [0.29, 0.717) is 27.5 Å². The van der Waals surface area contributed by atoms with Crippen molar-refractivity contribution in [3.8, 4) is 12.1 Å². The van der Waals surface area contributed by atoms with Gasteiger partial charge in [0.25, 0.3) is 0 Å². The van der Waals surface area contributed by atoms with Gasteiger partial charge in [-0.1, -0.05) is 23.7 Å². The molecule has 0 aromatic heterocycles. The standard InChI is InChI=1S/C14H8ClN3/c15-12-5-6-14(11(7-12)9-17)18-13-4-2-1-3-10(13)8-16/h1-7,18H. The summed E-state index contributed by atoms with van der Waals surface area (Å²) in [7, 11) is 0. The molecule has 0 saturated heterocycles.